The normalized spacial score (nSPS) is 20.2. The number of hydrogen-bond acceptors (Lipinski definition) is 5. The summed E-state index contributed by atoms with van der Waals surface area (Å²) in [5, 5.41) is 7.27. The number of nitrogens with one attached hydrogen (secondary N) is 1. The molecule has 0 radical (unpaired) electrons. The zero-order valence-electron chi connectivity index (χ0n) is 16.7. The van der Waals surface area contributed by atoms with Gasteiger partial charge in [0.1, 0.15) is 0 Å². The second-order valence-electron chi connectivity index (χ2n) is 7.47. The van der Waals surface area contributed by atoms with Crippen LogP contribution in [0.5, 0.6) is 0 Å². The Kier molecular flexibility index (Phi) is 5.92. The van der Waals surface area contributed by atoms with Gasteiger partial charge in [-0.15, -0.1) is 0 Å². The van der Waals surface area contributed by atoms with Gasteiger partial charge in [-0.05, 0) is 31.5 Å². The molecule has 0 saturated carbocycles. The highest BCUT2D eigenvalue weighted by Gasteiger charge is 2.25. The minimum atomic E-state index is -0.0696. The van der Waals surface area contributed by atoms with Gasteiger partial charge in [0.2, 0.25) is 11.8 Å². The average molecular weight is 397 g/mol. The summed E-state index contributed by atoms with van der Waals surface area (Å²) in [7, 11) is 0. The number of morpholine rings is 1. The van der Waals surface area contributed by atoms with Gasteiger partial charge in [-0.25, -0.2) is 0 Å². The lowest BCUT2D eigenvalue weighted by atomic mass is 10.1. The first-order valence-electron chi connectivity index (χ1n) is 10.2. The molecule has 1 N–H and O–H groups in total. The molecule has 8 heteroatoms. The third kappa shape index (κ3) is 4.65. The van der Waals surface area contributed by atoms with Crippen LogP contribution >= 0.6 is 0 Å². The van der Waals surface area contributed by atoms with Crippen molar-refractivity contribution in [3.05, 3.63) is 42.2 Å². The van der Waals surface area contributed by atoms with Crippen LogP contribution in [-0.4, -0.2) is 59.3 Å². The van der Waals surface area contributed by atoms with E-state index in [-0.39, 0.29) is 17.9 Å². The van der Waals surface area contributed by atoms with E-state index in [9.17, 15) is 9.59 Å². The molecule has 2 aliphatic heterocycles. The van der Waals surface area contributed by atoms with Crippen molar-refractivity contribution in [2.75, 3.05) is 43.0 Å². The smallest absolute Gasteiger partial charge is 0.238 e. The summed E-state index contributed by atoms with van der Waals surface area (Å²) in [4.78, 5) is 28.4. The lowest BCUT2D eigenvalue weighted by molar-refractivity contribution is -0.119. The van der Waals surface area contributed by atoms with Crippen LogP contribution in [0.25, 0.3) is 0 Å². The van der Waals surface area contributed by atoms with Crippen LogP contribution in [0.2, 0.25) is 0 Å². The van der Waals surface area contributed by atoms with E-state index in [1.54, 1.807) is 4.90 Å². The lowest BCUT2D eigenvalue weighted by Crippen LogP contribution is -2.42. The van der Waals surface area contributed by atoms with E-state index < -0.39 is 0 Å². The van der Waals surface area contributed by atoms with Crippen LogP contribution in [0.15, 0.2) is 36.7 Å². The number of amides is 2. The highest BCUT2D eigenvalue weighted by Crippen LogP contribution is 2.25. The minimum absolute atomic E-state index is 0.0682. The third-order valence-corrected chi connectivity index (χ3v) is 5.38. The summed E-state index contributed by atoms with van der Waals surface area (Å²) in [5.41, 5.74) is 2.59. The van der Waals surface area contributed by atoms with Crippen molar-refractivity contribution in [3.63, 3.8) is 0 Å². The second kappa shape index (κ2) is 8.75. The van der Waals surface area contributed by atoms with E-state index in [1.807, 2.05) is 48.3 Å². The first-order valence-corrected chi connectivity index (χ1v) is 10.2. The van der Waals surface area contributed by atoms with E-state index in [0.717, 1.165) is 30.8 Å². The summed E-state index contributed by atoms with van der Waals surface area (Å²) < 4.78 is 7.75. The van der Waals surface area contributed by atoms with Crippen molar-refractivity contribution >= 4 is 23.2 Å². The third-order valence-electron chi connectivity index (χ3n) is 5.38. The summed E-state index contributed by atoms with van der Waals surface area (Å²) in [6, 6.07) is 7.49. The molecule has 2 aliphatic rings. The van der Waals surface area contributed by atoms with Crippen LogP contribution in [0.3, 0.4) is 0 Å². The van der Waals surface area contributed by atoms with Crippen molar-refractivity contribution in [2.24, 2.45) is 0 Å². The van der Waals surface area contributed by atoms with Crippen LogP contribution in [0.1, 0.15) is 31.4 Å². The van der Waals surface area contributed by atoms with Gasteiger partial charge in [0.25, 0.3) is 0 Å². The summed E-state index contributed by atoms with van der Waals surface area (Å²) in [6.45, 7) is 5.86. The fourth-order valence-electron chi connectivity index (χ4n) is 3.84. The van der Waals surface area contributed by atoms with Gasteiger partial charge < -0.3 is 15.0 Å². The Balaban J connectivity index is 1.34. The van der Waals surface area contributed by atoms with Crippen LogP contribution in [0, 0.1) is 0 Å². The van der Waals surface area contributed by atoms with Gasteiger partial charge in [0.05, 0.1) is 25.5 Å². The van der Waals surface area contributed by atoms with Crippen molar-refractivity contribution < 1.29 is 14.3 Å². The number of ether oxygens (including phenoxy) is 1. The molecule has 8 nitrogen and oxygen atoms in total. The number of aryl methyl sites for hydroxylation is 1. The standard InChI is InChI=1S/C21H27N5O3/c1-2-25-13-16(12-22-25)19-14-24(9-10-29-19)15-20(27)23-17-5-3-6-18(11-17)26-8-4-7-21(26)28/h3,5-6,11-13,19H,2,4,7-10,14-15H2,1H3,(H,23,27). The van der Waals surface area contributed by atoms with Crippen molar-refractivity contribution in [1.29, 1.82) is 0 Å². The van der Waals surface area contributed by atoms with E-state index in [2.05, 4.69) is 15.3 Å². The number of aromatic nitrogens is 2. The van der Waals surface area contributed by atoms with Gasteiger partial charge in [0, 0.05) is 55.7 Å². The Morgan fingerprint density at radius 3 is 3.00 bits per heavy atom. The molecular weight excluding hydrogens is 370 g/mol. The molecular formula is C21H27N5O3. The Labute approximate surface area is 170 Å². The van der Waals surface area contributed by atoms with Gasteiger partial charge in [-0.3, -0.25) is 19.2 Å². The van der Waals surface area contributed by atoms with Crippen LogP contribution in [0.4, 0.5) is 11.4 Å². The zero-order chi connectivity index (χ0) is 20.2. The number of rotatable bonds is 6. The fraction of sp³-hybridized carbons (Fsp3) is 0.476. The Bertz CT molecular complexity index is 881. The molecule has 3 heterocycles. The fourth-order valence-corrected chi connectivity index (χ4v) is 3.84. The highest BCUT2D eigenvalue weighted by atomic mass is 16.5. The zero-order valence-corrected chi connectivity index (χ0v) is 16.7. The minimum Gasteiger partial charge on any atom is -0.371 e. The Morgan fingerprint density at radius 1 is 1.34 bits per heavy atom. The number of nitrogens with zero attached hydrogens (tertiary/aromatic N) is 4. The van der Waals surface area contributed by atoms with E-state index in [1.165, 1.54) is 0 Å². The maximum absolute atomic E-state index is 12.6. The Morgan fingerprint density at radius 2 is 2.24 bits per heavy atom. The van der Waals surface area contributed by atoms with Crippen molar-refractivity contribution in [2.45, 2.75) is 32.4 Å². The number of carbonyl (C=O) groups excluding carboxylic acids is 2. The van der Waals surface area contributed by atoms with E-state index in [4.69, 9.17) is 4.74 Å². The Hall–Kier alpha value is -2.71. The number of anilines is 2. The predicted molar refractivity (Wildman–Crippen MR) is 110 cm³/mol. The van der Waals surface area contributed by atoms with E-state index >= 15 is 0 Å². The SMILES string of the molecule is CCn1cc(C2CN(CC(=O)Nc3cccc(N4CCCC4=O)c3)CCO2)cn1. The van der Waals surface area contributed by atoms with Gasteiger partial charge in [0.15, 0.2) is 0 Å². The molecule has 1 aromatic carbocycles. The quantitative estimate of drug-likeness (QED) is 0.807. The monoisotopic (exact) mass is 397 g/mol. The number of carbonyl (C=O) groups is 2. The topological polar surface area (TPSA) is 79.7 Å². The molecule has 2 aromatic rings. The van der Waals surface area contributed by atoms with Crippen LogP contribution in [-0.2, 0) is 20.9 Å². The number of benzene rings is 1. The molecule has 154 valence electrons. The van der Waals surface area contributed by atoms with Gasteiger partial charge >= 0.3 is 0 Å². The average Bonchev–Trinajstić information content (AvgIpc) is 3.37. The predicted octanol–water partition coefficient (Wildman–Crippen LogP) is 2.04. The first-order chi connectivity index (χ1) is 14.1. The lowest BCUT2D eigenvalue weighted by Gasteiger charge is -2.32. The molecule has 2 fully saturated rings. The number of hydrogen-bond donors (Lipinski definition) is 1. The summed E-state index contributed by atoms with van der Waals surface area (Å²) in [5.74, 6) is 0.0685. The molecule has 1 atom stereocenters. The molecule has 2 amide bonds. The first kappa shape index (κ1) is 19.6. The van der Waals surface area contributed by atoms with Gasteiger partial charge in [-0.1, -0.05) is 6.07 Å². The second-order valence-corrected chi connectivity index (χ2v) is 7.47. The molecule has 4 rings (SSSR count). The largest absolute Gasteiger partial charge is 0.371 e. The molecule has 0 spiro atoms. The maximum Gasteiger partial charge on any atom is 0.238 e. The molecule has 2 saturated heterocycles. The highest BCUT2D eigenvalue weighted by molar-refractivity contribution is 5.97. The molecule has 29 heavy (non-hydrogen) atoms. The molecule has 1 aromatic heterocycles. The summed E-state index contributed by atoms with van der Waals surface area (Å²) in [6.07, 6.45) is 5.24. The summed E-state index contributed by atoms with van der Waals surface area (Å²) >= 11 is 0. The van der Waals surface area contributed by atoms with Crippen molar-refractivity contribution in [1.82, 2.24) is 14.7 Å². The molecule has 0 bridgehead atoms. The maximum atomic E-state index is 12.6. The van der Waals surface area contributed by atoms with Crippen molar-refractivity contribution in [3.8, 4) is 0 Å². The molecule has 0 aliphatic carbocycles. The van der Waals surface area contributed by atoms with Crippen LogP contribution < -0.4 is 10.2 Å². The van der Waals surface area contributed by atoms with E-state index in [0.29, 0.717) is 38.3 Å². The van der Waals surface area contributed by atoms with Gasteiger partial charge in [-0.2, -0.15) is 5.10 Å². The molecule has 1 unspecified atom stereocenters.